The average Bonchev–Trinajstić information content (AvgIpc) is 3.36. The van der Waals surface area contributed by atoms with E-state index < -0.39 is 47.5 Å². The summed E-state index contributed by atoms with van der Waals surface area (Å²) in [6.07, 6.45) is 0.415. The van der Waals surface area contributed by atoms with Gasteiger partial charge in [-0.1, -0.05) is 51.1 Å². The molecular formula is C33H37F2N5O4. The first-order valence-corrected chi connectivity index (χ1v) is 14.9. The van der Waals surface area contributed by atoms with Crippen LogP contribution >= 0.6 is 0 Å². The maximum Gasteiger partial charge on any atom is 0.251 e. The number of likely N-dealkylation sites (tertiary alicyclic amines) is 1. The third-order valence-corrected chi connectivity index (χ3v) is 8.59. The first kappa shape index (κ1) is 31.1. The number of para-hydroxylation sites is 1. The number of hydrogen-bond acceptors (Lipinski definition) is 6. The zero-order chi connectivity index (χ0) is 31.8. The molecule has 1 aliphatic carbocycles. The van der Waals surface area contributed by atoms with Crippen LogP contribution in [0.2, 0.25) is 0 Å². The van der Waals surface area contributed by atoms with Gasteiger partial charge in [-0.3, -0.25) is 24.2 Å². The van der Waals surface area contributed by atoms with E-state index in [0.29, 0.717) is 16.6 Å². The molecule has 3 N–H and O–H groups in total. The number of nitriles is 1. The monoisotopic (exact) mass is 605 g/mol. The quantitative estimate of drug-likeness (QED) is 0.355. The summed E-state index contributed by atoms with van der Waals surface area (Å²) in [7, 11) is 0. The number of aliphatic hydroxyl groups excluding tert-OH is 1. The lowest BCUT2D eigenvalue weighted by Gasteiger charge is -2.36. The van der Waals surface area contributed by atoms with E-state index in [1.54, 1.807) is 36.4 Å². The molecule has 232 valence electrons. The number of hydrogen-bond donors (Lipinski definition) is 3. The highest BCUT2D eigenvalue weighted by atomic mass is 19.3. The number of amides is 2. The lowest BCUT2D eigenvalue weighted by atomic mass is 9.87. The molecule has 2 fully saturated rings. The molecule has 2 aromatic carbocycles. The fraction of sp³-hybridized carbons (Fsp3) is 0.455. The number of benzene rings is 2. The van der Waals surface area contributed by atoms with Gasteiger partial charge < -0.3 is 15.4 Å². The number of pyridine rings is 1. The summed E-state index contributed by atoms with van der Waals surface area (Å²) in [6.45, 7) is 6.09. The van der Waals surface area contributed by atoms with E-state index in [9.17, 15) is 33.5 Å². The third kappa shape index (κ3) is 6.45. The number of carbonyl (C=O) groups excluding carboxylic acids is 2. The summed E-state index contributed by atoms with van der Waals surface area (Å²) in [4.78, 5) is 47.0. The molecule has 0 spiro atoms. The zero-order valence-corrected chi connectivity index (χ0v) is 25.0. The number of aliphatic hydroxyl groups is 1. The summed E-state index contributed by atoms with van der Waals surface area (Å²) in [5, 5.41) is 23.6. The summed E-state index contributed by atoms with van der Waals surface area (Å²) in [6, 6.07) is 12.3. The number of nitrogens with one attached hydrogen (secondary N) is 2. The lowest BCUT2D eigenvalue weighted by Crippen LogP contribution is -2.52. The standard InChI is InChI=1S/C33H37F2N5O4/c1-32(2,3)20-8-10-22(11-9-20)40(31(44)27-16-23(41)18-39(27)19-36)29(30(43)37-21-12-14-33(34,35)15-13-21)25-17-28(42)38-26-7-5-4-6-24(25)26/h4-11,17,21,23,27,29,41H,12-16,18H2,1-3H3,(H,37,43)(H,38,42)/t23-,27-,29?/m1/s1. The second-order valence-corrected chi connectivity index (χ2v) is 12.8. The number of aromatic nitrogens is 1. The van der Waals surface area contributed by atoms with Gasteiger partial charge in [-0.05, 0) is 47.6 Å². The Morgan fingerprint density at radius 3 is 2.43 bits per heavy atom. The number of anilines is 1. The van der Waals surface area contributed by atoms with Gasteiger partial charge in [-0.25, -0.2) is 8.78 Å². The number of carbonyl (C=O) groups is 2. The smallest absolute Gasteiger partial charge is 0.251 e. The van der Waals surface area contributed by atoms with Crippen molar-refractivity contribution in [2.24, 2.45) is 0 Å². The summed E-state index contributed by atoms with van der Waals surface area (Å²) >= 11 is 0. The van der Waals surface area contributed by atoms with Crippen LogP contribution in [0.3, 0.4) is 0 Å². The molecule has 1 unspecified atom stereocenters. The van der Waals surface area contributed by atoms with Gasteiger partial charge in [-0.2, -0.15) is 5.26 Å². The predicted octanol–water partition coefficient (Wildman–Crippen LogP) is 4.51. The first-order valence-electron chi connectivity index (χ1n) is 14.9. The molecular weight excluding hydrogens is 568 g/mol. The van der Waals surface area contributed by atoms with Crippen molar-refractivity contribution in [2.45, 2.75) is 88.4 Å². The topological polar surface area (TPSA) is 130 Å². The zero-order valence-electron chi connectivity index (χ0n) is 25.0. The van der Waals surface area contributed by atoms with Crippen LogP contribution in [0.15, 0.2) is 59.4 Å². The fourth-order valence-electron chi connectivity index (χ4n) is 6.16. The Hall–Kier alpha value is -4.30. The molecule has 0 bridgehead atoms. The lowest BCUT2D eigenvalue weighted by molar-refractivity contribution is -0.129. The molecule has 1 aromatic heterocycles. The predicted molar refractivity (Wildman–Crippen MR) is 162 cm³/mol. The molecule has 11 heteroatoms. The van der Waals surface area contributed by atoms with Gasteiger partial charge >= 0.3 is 0 Å². The van der Waals surface area contributed by atoms with Crippen molar-refractivity contribution in [3.8, 4) is 6.19 Å². The average molecular weight is 606 g/mol. The number of fused-ring (bicyclic) bond motifs is 1. The Bertz CT molecular complexity index is 1630. The molecule has 3 atom stereocenters. The minimum Gasteiger partial charge on any atom is -0.391 e. The number of β-amino-alcohol motifs (C(OH)–C–C–N with tert-alkyl or cyclic N) is 1. The molecule has 1 saturated heterocycles. The van der Waals surface area contributed by atoms with Gasteiger partial charge in [0.2, 0.25) is 17.4 Å². The highest BCUT2D eigenvalue weighted by Gasteiger charge is 2.44. The Morgan fingerprint density at radius 2 is 1.80 bits per heavy atom. The number of alkyl halides is 2. The Kier molecular flexibility index (Phi) is 8.49. The van der Waals surface area contributed by atoms with Crippen molar-refractivity contribution in [2.75, 3.05) is 11.4 Å². The van der Waals surface area contributed by atoms with Crippen molar-refractivity contribution in [3.05, 3.63) is 76.1 Å². The molecule has 2 aliphatic rings. The molecule has 9 nitrogen and oxygen atoms in total. The van der Waals surface area contributed by atoms with E-state index in [0.717, 1.165) is 5.56 Å². The highest BCUT2D eigenvalue weighted by Crippen LogP contribution is 2.37. The maximum atomic E-state index is 14.5. The Labute approximate surface area is 254 Å². The number of H-pyrrole nitrogens is 1. The number of halogens is 2. The van der Waals surface area contributed by atoms with Crippen LogP contribution in [0.1, 0.15) is 70.0 Å². The SMILES string of the molecule is CC(C)(C)c1ccc(N(C(=O)[C@H]2C[C@@H](O)CN2C#N)C(C(=O)NC2CCC(F)(F)CC2)c2cc(=O)[nH]c3ccccc23)cc1. The van der Waals surface area contributed by atoms with Crippen molar-refractivity contribution in [3.63, 3.8) is 0 Å². The molecule has 2 heterocycles. The van der Waals surface area contributed by atoms with Crippen LogP contribution < -0.4 is 15.8 Å². The van der Waals surface area contributed by atoms with E-state index in [1.165, 1.54) is 15.9 Å². The number of rotatable bonds is 6. The minimum atomic E-state index is -2.80. The van der Waals surface area contributed by atoms with Crippen LogP contribution in [0, 0.1) is 11.5 Å². The van der Waals surface area contributed by atoms with Gasteiger partial charge in [0.1, 0.15) is 12.1 Å². The fourth-order valence-corrected chi connectivity index (χ4v) is 6.16. The van der Waals surface area contributed by atoms with E-state index in [-0.39, 0.29) is 49.6 Å². The van der Waals surface area contributed by atoms with Crippen LogP contribution in [0.4, 0.5) is 14.5 Å². The van der Waals surface area contributed by atoms with E-state index in [4.69, 9.17) is 0 Å². The molecule has 1 saturated carbocycles. The highest BCUT2D eigenvalue weighted by molar-refractivity contribution is 6.05. The normalized spacial score (nSPS) is 21.1. The molecule has 5 rings (SSSR count). The summed E-state index contributed by atoms with van der Waals surface area (Å²) in [5.74, 6) is -4.04. The van der Waals surface area contributed by atoms with Crippen molar-refractivity contribution < 1.29 is 23.5 Å². The van der Waals surface area contributed by atoms with Crippen molar-refractivity contribution >= 4 is 28.4 Å². The molecule has 3 aromatic rings. The molecule has 2 amide bonds. The van der Waals surface area contributed by atoms with Crippen molar-refractivity contribution in [1.29, 1.82) is 5.26 Å². The van der Waals surface area contributed by atoms with Gasteiger partial charge in [0.15, 0.2) is 6.19 Å². The Morgan fingerprint density at radius 1 is 1.14 bits per heavy atom. The van der Waals surface area contributed by atoms with Crippen LogP contribution in [0.5, 0.6) is 0 Å². The maximum absolute atomic E-state index is 14.5. The molecule has 1 aliphatic heterocycles. The Balaban J connectivity index is 1.68. The number of aromatic amines is 1. The molecule has 44 heavy (non-hydrogen) atoms. The van der Waals surface area contributed by atoms with Crippen molar-refractivity contribution in [1.82, 2.24) is 15.2 Å². The second-order valence-electron chi connectivity index (χ2n) is 12.8. The largest absolute Gasteiger partial charge is 0.391 e. The first-order chi connectivity index (χ1) is 20.8. The van der Waals surface area contributed by atoms with Gasteiger partial charge in [0.05, 0.1) is 12.6 Å². The second kappa shape index (κ2) is 12.0. The number of nitrogens with zero attached hydrogens (tertiary/aromatic N) is 3. The van der Waals surface area contributed by atoms with Crippen LogP contribution in [-0.2, 0) is 15.0 Å². The van der Waals surface area contributed by atoms with E-state index in [1.807, 2.05) is 39.1 Å². The van der Waals surface area contributed by atoms with Gasteiger partial charge in [0, 0.05) is 48.0 Å². The van der Waals surface area contributed by atoms with E-state index >= 15 is 0 Å². The summed E-state index contributed by atoms with van der Waals surface area (Å²) in [5.41, 5.74) is 1.34. The minimum absolute atomic E-state index is 0.0227. The van der Waals surface area contributed by atoms with E-state index in [2.05, 4.69) is 10.3 Å². The van der Waals surface area contributed by atoms with Gasteiger partial charge in [-0.15, -0.1) is 0 Å². The van der Waals surface area contributed by atoms with Gasteiger partial charge in [0.25, 0.3) is 5.91 Å². The molecule has 0 radical (unpaired) electrons. The van der Waals surface area contributed by atoms with Crippen LogP contribution in [-0.4, -0.2) is 57.5 Å². The van der Waals surface area contributed by atoms with Crippen LogP contribution in [0.25, 0.3) is 10.9 Å². The third-order valence-electron chi connectivity index (χ3n) is 8.59. The summed E-state index contributed by atoms with van der Waals surface area (Å²) < 4.78 is 27.9.